The minimum Gasteiger partial charge on any atom is -0.390 e. The minimum atomic E-state index is -0.782. The highest BCUT2D eigenvalue weighted by Crippen LogP contribution is 2.37. The normalized spacial score (nSPS) is 35.2. The summed E-state index contributed by atoms with van der Waals surface area (Å²) in [5, 5.41) is 30.0. The van der Waals surface area contributed by atoms with Gasteiger partial charge < -0.3 is 15.3 Å². The highest BCUT2D eigenvalue weighted by Gasteiger charge is 2.43. The van der Waals surface area contributed by atoms with Crippen LogP contribution in [0.2, 0.25) is 0 Å². The van der Waals surface area contributed by atoms with Crippen LogP contribution in [0, 0.1) is 5.92 Å². The average Bonchev–Trinajstić information content (AvgIpc) is 2.92. The smallest absolute Gasteiger partial charge is 0.100 e. The van der Waals surface area contributed by atoms with Crippen molar-refractivity contribution in [2.24, 2.45) is 5.92 Å². The lowest BCUT2D eigenvalue weighted by Gasteiger charge is -2.43. The Bertz CT molecular complexity index is 467. The third-order valence-electron chi connectivity index (χ3n) is 5.33. The molecule has 0 aromatic carbocycles. The fraction of sp³-hybridized carbons (Fsp3) is 0.789. The Morgan fingerprint density at radius 2 is 2.09 bits per heavy atom. The molecule has 2 aliphatic heterocycles. The molecule has 4 nitrogen and oxygen atoms in total. The van der Waals surface area contributed by atoms with Gasteiger partial charge in [-0.3, -0.25) is 4.90 Å². The molecule has 2 heterocycles. The van der Waals surface area contributed by atoms with Crippen molar-refractivity contribution in [2.45, 2.75) is 77.2 Å². The molecule has 0 aliphatic carbocycles. The van der Waals surface area contributed by atoms with E-state index in [4.69, 9.17) is 0 Å². The first-order valence-corrected chi connectivity index (χ1v) is 8.89. The Hall–Kier alpha value is -0.680. The van der Waals surface area contributed by atoms with Gasteiger partial charge in [0.1, 0.15) is 6.10 Å². The molecule has 132 valence electrons. The number of allylic oxidation sites excluding steroid dienone is 2. The van der Waals surface area contributed by atoms with Crippen LogP contribution < -0.4 is 0 Å². The first-order valence-electron chi connectivity index (χ1n) is 8.89. The van der Waals surface area contributed by atoms with Crippen molar-refractivity contribution in [3.63, 3.8) is 0 Å². The molecule has 3 N–H and O–H groups in total. The van der Waals surface area contributed by atoms with E-state index in [2.05, 4.69) is 17.9 Å². The topological polar surface area (TPSA) is 63.9 Å². The van der Waals surface area contributed by atoms with Crippen molar-refractivity contribution in [1.29, 1.82) is 0 Å². The fourth-order valence-corrected chi connectivity index (χ4v) is 4.07. The summed E-state index contributed by atoms with van der Waals surface area (Å²) in [6.45, 7) is 9.66. The summed E-state index contributed by atoms with van der Waals surface area (Å²) in [4.78, 5) is 2.42. The van der Waals surface area contributed by atoms with Crippen molar-refractivity contribution in [2.75, 3.05) is 13.1 Å². The molecule has 23 heavy (non-hydrogen) atoms. The largest absolute Gasteiger partial charge is 0.390 e. The van der Waals surface area contributed by atoms with Gasteiger partial charge in [0.2, 0.25) is 0 Å². The maximum absolute atomic E-state index is 10.7. The predicted molar refractivity (Wildman–Crippen MR) is 93.1 cm³/mol. The summed E-state index contributed by atoms with van der Waals surface area (Å²) in [7, 11) is 0. The number of piperidine rings is 1. The Morgan fingerprint density at radius 3 is 2.74 bits per heavy atom. The lowest BCUT2D eigenvalue weighted by molar-refractivity contribution is -0.0330. The van der Waals surface area contributed by atoms with E-state index in [1.807, 2.05) is 19.9 Å². The molecule has 2 rings (SSSR count). The summed E-state index contributed by atoms with van der Waals surface area (Å²) in [5.74, 6) is 0.358. The molecule has 2 saturated heterocycles. The third-order valence-corrected chi connectivity index (χ3v) is 5.33. The van der Waals surface area contributed by atoms with Crippen molar-refractivity contribution < 1.29 is 15.3 Å². The third kappa shape index (κ3) is 4.66. The molecular formula is C19H33NO3. The maximum Gasteiger partial charge on any atom is 0.100 e. The SMILES string of the molecule is C/C(=C\C[C@H](C)/C=C1\CN2CCC[C@H]2[C@@](C)(O)C1)[C@H](O)[C@H](C)O. The van der Waals surface area contributed by atoms with Gasteiger partial charge in [-0.25, -0.2) is 0 Å². The van der Waals surface area contributed by atoms with E-state index < -0.39 is 17.8 Å². The number of aliphatic hydroxyl groups excluding tert-OH is 2. The standard InChI is InChI=1S/C19H33NO3/c1-13(7-8-14(2)18(22)15(3)21)10-16-11-19(4,23)17-6-5-9-20(17)12-16/h8,10,13,15,17-18,21-23H,5-7,9,11-12H2,1-4H3/b14-8+,16-10-/t13-,15-,17-,18-,19-/m0/s1. The van der Waals surface area contributed by atoms with Crippen molar-refractivity contribution in [3.05, 3.63) is 23.3 Å². The lowest BCUT2D eigenvalue weighted by atomic mass is 9.82. The van der Waals surface area contributed by atoms with Gasteiger partial charge in [-0.2, -0.15) is 0 Å². The summed E-state index contributed by atoms with van der Waals surface area (Å²) >= 11 is 0. The molecule has 2 aliphatic rings. The van der Waals surface area contributed by atoms with E-state index in [0.717, 1.165) is 37.9 Å². The second-order valence-corrected chi connectivity index (χ2v) is 7.83. The van der Waals surface area contributed by atoms with Crippen LogP contribution in [0.1, 0.15) is 53.4 Å². The zero-order chi connectivity index (χ0) is 17.2. The van der Waals surface area contributed by atoms with Crippen LogP contribution in [0.5, 0.6) is 0 Å². The molecule has 4 heteroatoms. The van der Waals surface area contributed by atoms with Crippen LogP contribution in [-0.4, -0.2) is 57.2 Å². The van der Waals surface area contributed by atoms with Crippen LogP contribution in [0.4, 0.5) is 0 Å². The molecule has 0 spiro atoms. The molecule has 0 saturated carbocycles. The van der Waals surface area contributed by atoms with Gasteiger partial charge in [0.15, 0.2) is 0 Å². The van der Waals surface area contributed by atoms with Gasteiger partial charge in [-0.1, -0.05) is 24.6 Å². The molecule has 5 atom stereocenters. The summed E-state index contributed by atoms with van der Waals surface area (Å²) in [6, 6.07) is 0.318. The van der Waals surface area contributed by atoms with E-state index in [1.54, 1.807) is 6.92 Å². The fourth-order valence-electron chi connectivity index (χ4n) is 4.07. The predicted octanol–water partition coefficient (Wildman–Crippen LogP) is 2.25. The quantitative estimate of drug-likeness (QED) is 0.679. The molecule has 2 fully saturated rings. The van der Waals surface area contributed by atoms with Crippen molar-refractivity contribution >= 4 is 0 Å². The minimum absolute atomic E-state index is 0.318. The van der Waals surface area contributed by atoms with E-state index in [-0.39, 0.29) is 0 Å². The van der Waals surface area contributed by atoms with E-state index >= 15 is 0 Å². The maximum atomic E-state index is 10.7. The first-order chi connectivity index (χ1) is 10.7. The molecule has 0 aromatic heterocycles. The number of rotatable bonds is 5. The monoisotopic (exact) mass is 323 g/mol. The number of hydrogen-bond donors (Lipinski definition) is 3. The van der Waals surface area contributed by atoms with Crippen LogP contribution in [0.15, 0.2) is 23.3 Å². The summed E-state index contributed by atoms with van der Waals surface area (Å²) in [6.07, 6.45) is 6.66. The van der Waals surface area contributed by atoms with Crippen LogP contribution in [0.3, 0.4) is 0 Å². The van der Waals surface area contributed by atoms with Gasteiger partial charge in [0, 0.05) is 12.6 Å². The number of fused-ring (bicyclic) bond motifs is 1. The van der Waals surface area contributed by atoms with E-state index in [9.17, 15) is 15.3 Å². The number of nitrogens with zero attached hydrogens (tertiary/aromatic N) is 1. The van der Waals surface area contributed by atoms with Crippen LogP contribution >= 0.6 is 0 Å². The Morgan fingerprint density at radius 1 is 1.39 bits per heavy atom. The summed E-state index contributed by atoms with van der Waals surface area (Å²) < 4.78 is 0. The highest BCUT2D eigenvalue weighted by atomic mass is 16.3. The van der Waals surface area contributed by atoms with Crippen molar-refractivity contribution in [1.82, 2.24) is 4.90 Å². The molecule has 0 bridgehead atoms. The van der Waals surface area contributed by atoms with Gasteiger partial charge in [0.25, 0.3) is 0 Å². The van der Waals surface area contributed by atoms with Crippen LogP contribution in [-0.2, 0) is 0 Å². The Labute approximate surface area is 140 Å². The average molecular weight is 323 g/mol. The van der Waals surface area contributed by atoms with Crippen molar-refractivity contribution in [3.8, 4) is 0 Å². The molecule has 0 unspecified atom stereocenters. The Balaban J connectivity index is 1.97. The molecule has 0 amide bonds. The molecule has 0 aromatic rings. The van der Waals surface area contributed by atoms with Crippen LogP contribution in [0.25, 0.3) is 0 Å². The summed E-state index contributed by atoms with van der Waals surface area (Å²) in [5.41, 5.74) is 1.53. The van der Waals surface area contributed by atoms with Gasteiger partial charge in [-0.15, -0.1) is 0 Å². The Kier molecular flexibility index (Phi) is 6.06. The lowest BCUT2D eigenvalue weighted by Crippen LogP contribution is -2.52. The molecule has 0 radical (unpaired) electrons. The van der Waals surface area contributed by atoms with Gasteiger partial charge >= 0.3 is 0 Å². The molecular weight excluding hydrogens is 290 g/mol. The first kappa shape index (κ1) is 18.7. The van der Waals surface area contributed by atoms with E-state index in [1.165, 1.54) is 12.0 Å². The number of hydrogen-bond acceptors (Lipinski definition) is 4. The van der Waals surface area contributed by atoms with Gasteiger partial charge in [0.05, 0.1) is 11.7 Å². The van der Waals surface area contributed by atoms with E-state index in [0.29, 0.717) is 12.0 Å². The van der Waals surface area contributed by atoms with Gasteiger partial charge in [-0.05, 0) is 64.5 Å². The zero-order valence-corrected chi connectivity index (χ0v) is 15.0. The second kappa shape index (κ2) is 7.47. The second-order valence-electron chi connectivity index (χ2n) is 7.83. The highest BCUT2D eigenvalue weighted by molar-refractivity contribution is 5.18. The zero-order valence-electron chi connectivity index (χ0n) is 15.0. The number of aliphatic hydroxyl groups is 3.